The summed E-state index contributed by atoms with van der Waals surface area (Å²) in [6.07, 6.45) is 0. The fraction of sp³-hybridized carbons (Fsp3) is 0.250. The number of alkyl halides is 3. The lowest BCUT2D eigenvalue weighted by Gasteiger charge is -2.09. The number of nitrogens with zero attached hydrogens (tertiary/aromatic N) is 3. The molecule has 4 N–H and O–H groups in total. The second-order valence-corrected chi connectivity index (χ2v) is 4.32. The average molecular weight is 244 g/mol. The highest BCUT2D eigenvalue weighted by molar-refractivity contribution is 6.66. The molecule has 0 aliphatic rings. The van der Waals surface area contributed by atoms with Gasteiger partial charge in [-0.15, -0.1) is 4.73 Å². The van der Waals surface area contributed by atoms with Gasteiger partial charge in [-0.25, -0.2) is 0 Å². The van der Waals surface area contributed by atoms with E-state index in [0.717, 1.165) is 0 Å². The van der Waals surface area contributed by atoms with Crippen LogP contribution in [0.1, 0.15) is 5.82 Å². The van der Waals surface area contributed by atoms with E-state index in [4.69, 9.17) is 51.2 Å². The fourth-order valence-electron chi connectivity index (χ4n) is 0.564. The maximum Gasteiger partial charge on any atom is 0.261 e. The number of hydrogen-bond acceptors (Lipinski definition) is 5. The number of hydrogen-bond donors (Lipinski definition) is 3. The Labute approximate surface area is 87.3 Å². The topological polar surface area (TPSA) is 101 Å². The summed E-state index contributed by atoms with van der Waals surface area (Å²) < 4.78 is -1.60. The molecule has 0 unspecified atom stereocenters. The lowest BCUT2D eigenvalue weighted by molar-refractivity contribution is 0.167. The van der Waals surface area contributed by atoms with Crippen LogP contribution in [0.2, 0.25) is 0 Å². The van der Waals surface area contributed by atoms with Gasteiger partial charge in [0.25, 0.3) is 5.62 Å². The van der Waals surface area contributed by atoms with Crippen LogP contribution in [-0.2, 0) is 3.79 Å². The highest BCUT2D eigenvalue weighted by Crippen LogP contribution is 2.35. The summed E-state index contributed by atoms with van der Waals surface area (Å²) >= 11 is 16.3. The molecule has 0 aliphatic heterocycles. The quantitative estimate of drug-likeness (QED) is 0.454. The molecule has 1 aromatic heterocycles. The third-order valence-corrected chi connectivity index (χ3v) is 1.61. The van der Waals surface area contributed by atoms with E-state index in [1.54, 1.807) is 0 Å². The first-order chi connectivity index (χ1) is 5.82. The fourth-order valence-corrected chi connectivity index (χ4v) is 0.817. The van der Waals surface area contributed by atoms with E-state index in [0.29, 0.717) is 0 Å². The summed E-state index contributed by atoms with van der Waals surface area (Å²) in [6, 6.07) is 0. The molecule has 0 spiro atoms. The zero-order valence-electron chi connectivity index (χ0n) is 6.00. The molecule has 9 heteroatoms. The van der Waals surface area contributed by atoms with Crippen molar-refractivity contribution >= 4 is 40.8 Å². The van der Waals surface area contributed by atoms with Crippen molar-refractivity contribution in [2.45, 2.75) is 3.79 Å². The number of nitrogens with two attached hydrogens (primary N) is 1. The van der Waals surface area contributed by atoms with Crippen LogP contribution in [0.5, 0.6) is 0 Å². The number of nitrogens with one attached hydrogen (secondary N) is 1. The van der Waals surface area contributed by atoms with Crippen molar-refractivity contribution in [3.8, 4) is 0 Å². The molecular formula is C4H4Cl3N5O. The van der Waals surface area contributed by atoms with Crippen LogP contribution in [0, 0.1) is 5.41 Å². The number of rotatable bonds is 0. The van der Waals surface area contributed by atoms with E-state index in [2.05, 4.69) is 9.97 Å². The smallest absolute Gasteiger partial charge is 0.261 e. The van der Waals surface area contributed by atoms with Crippen LogP contribution in [0.3, 0.4) is 0 Å². The van der Waals surface area contributed by atoms with Crippen LogP contribution in [-0.4, -0.2) is 19.9 Å². The third-order valence-electron chi connectivity index (χ3n) is 1.10. The molecule has 1 aromatic rings. The highest BCUT2D eigenvalue weighted by atomic mass is 35.6. The minimum absolute atomic E-state index is 0.259. The first-order valence-electron chi connectivity index (χ1n) is 2.90. The van der Waals surface area contributed by atoms with Crippen LogP contribution < -0.4 is 11.4 Å². The lowest BCUT2D eigenvalue weighted by atomic mass is 10.7. The second kappa shape index (κ2) is 3.21. The number of aromatic nitrogens is 3. The molecule has 0 fully saturated rings. The van der Waals surface area contributed by atoms with Gasteiger partial charge >= 0.3 is 0 Å². The highest BCUT2D eigenvalue weighted by Gasteiger charge is 2.27. The van der Waals surface area contributed by atoms with Crippen molar-refractivity contribution in [3.63, 3.8) is 0 Å². The number of halogens is 3. The first kappa shape index (κ1) is 10.4. The van der Waals surface area contributed by atoms with Gasteiger partial charge < -0.3 is 10.9 Å². The minimum atomic E-state index is -1.86. The summed E-state index contributed by atoms with van der Waals surface area (Å²) in [4.78, 5) is 6.87. The molecule has 0 bridgehead atoms. The molecule has 0 radical (unpaired) electrons. The van der Waals surface area contributed by atoms with Gasteiger partial charge in [0.1, 0.15) is 0 Å². The normalized spacial score (nSPS) is 11.6. The molecule has 0 amide bonds. The van der Waals surface area contributed by atoms with E-state index < -0.39 is 9.41 Å². The van der Waals surface area contributed by atoms with Crippen molar-refractivity contribution in [3.05, 3.63) is 11.4 Å². The zero-order chi connectivity index (χ0) is 10.2. The van der Waals surface area contributed by atoms with Crippen molar-refractivity contribution in [2.75, 3.05) is 5.73 Å². The molecule has 72 valence electrons. The van der Waals surface area contributed by atoms with Crippen LogP contribution in [0.25, 0.3) is 0 Å². The third kappa shape index (κ3) is 2.15. The lowest BCUT2D eigenvalue weighted by Crippen LogP contribution is -2.29. The minimum Gasteiger partial charge on any atom is -0.422 e. The first-order valence-corrected chi connectivity index (χ1v) is 4.03. The maximum atomic E-state index is 8.95. The summed E-state index contributed by atoms with van der Waals surface area (Å²) in [6.45, 7) is 0. The van der Waals surface area contributed by atoms with Crippen molar-refractivity contribution in [1.82, 2.24) is 14.7 Å². The largest absolute Gasteiger partial charge is 0.422 e. The summed E-state index contributed by atoms with van der Waals surface area (Å²) in [7, 11) is 0. The van der Waals surface area contributed by atoms with Gasteiger partial charge in [0.15, 0.2) is 5.82 Å². The van der Waals surface area contributed by atoms with Crippen LogP contribution in [0.4, 0.5) is 5.95 Å². The van der Waals surface area contributed by atoms with Gasteiger partial charge in [0.05, 0.1) is 0 Å². The molecular weight excluding hydrogens is 240 g/mol. The second-order valence-electron chi connectivity index (χ2n) is 2.04. The predicted octanol–water partition coefficient (Wildman–Crippen LogP) is 0.404. The van der Waals surface area contributed by atoms with Crippen LogP contribution >= 0.6 is 34.8 Å². The SMILES string of the molecule is N=c1nc(C(Cl)(Cl)Cl)nc(N)n1O. The van der Waals surface area contributed by atoms with Gasteiger partial charge in [-0.1, -0.05) is 34.8 Å². The Bertz CT molecular complexity index is 382. The summed E-state index contributed by atoms with van der Waals surface area (Å²) in [5, 5.41) is 16.0. The van der Waals surface area contributed by atoms with E-state index in [9.17, 15) is 0 Å². The summed E-state index contributed by atoms with van der Waals surface area (Å²) in [5.74, 6) is -0.633. The Morgan fingerprint density at radius 3 is 2.31 bits per heavy atom. The van der Waals surface area contributed by atoms with Gasteiger partial charge in [-0.2, -0.15) is 9.97 Å². The van der Waals surface area contributed by atoms with Crippen molar-refractivity contribution in [2.24, 2.45) is 0 Å². The molecule has 0 aliphatic carbocycles. The number of anilines is 1. The number of nitrogen functional groups attached to an aromatic ring is 1. The molecule has 1 heterocycles. The Morgan fingerprint density at radius 2 is 1.92 bits per heavy atom. The average Bonchev–Trinajstić information content (AvgIpc) is 1.97. The Kier molecular flexibility index (Phi) is 2.56. The Morgan fingerprint density at radius 1 is 1.38 bits per heavy atom. The van der Waals surface area contributed by atoms with Gasteiger partial charge in [-0.3, -0.25) is 5.41 Å². The standard InChI is InChI=1S/C4H4Cl3N5O/c5-4(6,7)1-10-2(8)12(13)3(9)11-1/h13H,(H3,8,9,10,11). The van der Waals surface area contributed by atoms with Crippen LogP contribution in [0.15, 0.2) is 0 Å². The summed E-state index contributed by atoms with van der Waals surface area (Å²) in [5.41, 5.74) is 4.62. The monoisotopic (exact) mass is 243 g/mol. The Hall–Kier alpha value is -0.720. The van der Waals surface area contributed by atoms with Gasteiger partial charge in [0.2, 0.25) is 9.74 Å². The Balaban J connectivity index is 3.38. The molecule has 0 saturated heterocycles. The van der Waals surface area contributed by atoms with E-state index in [-0.39, 0.29) is 16.5 Å². The molecule has 0 atom stereocenters. The molecule has 0 aromatic carbocycles. The van der Waals surface area contributed by atoms with Gasteiger partial charge in [-0.05, 0) is 0 Å². The van der Waals surface area contributed by atoms with E-state index in [1.807, 2.05) is 0 Å². The molecule has 6 nitrogen and oxygen atoms in total. The predicted molar refractivity (Wildman–Crippen MR) is 46.7 cm³/mol. The maximum absolute atomic E-state index is 8.95. The molecule has 13 heavy (non-hydrogen) atoms. The van der Waals surface area contributed by atoms with E-state index in [1.165, 1.54) is 0 Å². The van der Waals surface area contributed by atoms with E-state index >= 15 is 0 Å². The van der Waals surface area contributed by atoms with Gasteiger partial charge in [0, 0.05) is 0 Å². The van der Waals surface area contributed by atoms with Crippen molar-refractivity contribution < 1.29 is 5.21 Å². The van der Waals surface area contributed by atoms with Crippen molar-refractivity contribution in [1.29, 1.82) is 5.41 Å². The molecule has 1 rings (SSSR count). The zero-order valence-corrected chi connectivity index (χ0v) is 8.27. The molecule has 0 saturated carbocycles.